The number of aromatic carboxylic acids is 1. The van der Waals surface area contributed by atoms with Gasteiger partial charge in [-0.3, -0.25) is 4.79 Å². The Morgan fingerprint density at radius 3 is 2.44 bits per heavy atom. The van der Waals surface area contributed by atoms with E-state index in [4.69, 9.17) is 0 Å². The van der Waals surface area contributed by atoms with Crippen molar-refractivity contribution >= 4 is 28.2 Å². The van der Waals surface area contributed by atoms with Crippen LogP contribution in [0.2, 0.25) is 0 Å². The monoisotopic (exact) mass is 261 g/mol. The number of carboxylic acids is 1. The number of hydrogen-bond acceptors (Lipinski definition) is 3. The molecule has 5 heteroatoms. The van der Waals surface area contributed by atoms with Crippen LogP contribution in [0.5, 0.6) is 0 Å². The number of amides is 1. The third kappa shape index (κ3) is 2.41. The number of anilines is 1. The van der Waals surface area contributed by atoms with Gasteiger partial charge in [0.1, 0.15) is 10.6 Å². The Kier molecular flexibility index (Phi) is 3.43. The molecule has 1 amide bonds. The molecule has 92 valence electrons. The van der Waals surface area contributed by atoms with Gasteiger partial charge < -0.3 is 10.4 Å². The van der Waals surface area contributed by atoms with E-state index in [-0.39, 0.29) is 11.5 Å². The minimum atomic E-state index is -1.04. The smallest absolute Gasteiger partial charge is 0.339 e. The van der Waals surface area contributed by atoms with Crippen molar-refractivity contribution in [3.8, 4) is 11.1 Å². The normalized spacial score (nSPS) is 10.1. The summed E-state index contributed by atoms with van der Waals surface area (Å²) in [4.78, 5) is 22.4. The first kappa shape index (κ1) is 12.3. The molecule has 2 aromatic rings. The standard InChI is InChI=1S/C13H11NO3S/c1-8(15)14-12-11(13(16)17)10(7-18-12)9-5-3-2-4-6-9/h2-7H,1H3,(H,14,15)(H,16,17). The molecule has 18 heavy (non-hydrogen) atoms. The molecule has 0 aliphatic rings. The van der Waals surface area contributed by atoms with E-state index in [1.54, 1.807) is 5.38 Å². The number of carbonyl (C=O) groups excluding carboxylic acids is 1. The van der Waals surface area contributed by atoms with Crippen molar-refractivity contribution in [1.82, 2.24) is 0 Å². The SMILES string of the molecule is CC(=O)Nc1scc(-c2ccccc2)c1C(=O)O. The van der Waals surface area contributed by atoms with E-state index >= 15 is 0 Å². The minimum absolute atomic E-state index is 0.140. The van der Waals surface area contributed by atoms with E-state index in [0.29, 0.717) is 10.6 Å². The van der Waals surface area contributed by atoms with Crippen molar-refractivity contribution in [1.29, 1.82) is 0 Å². The van der Waals surface area contributed by atoms with Gasteiger partial charge in [0, 0.05) is 17.9 Å². The number of benzene rings is 1. The molecule has 0 saturated heterocycles. The van der Waals surface area contributed by atoms with E-state index in [9.17, 15) is 14.7 Å². The third-order valence-corrected chi connectivity index (χ3v) is 3.27. The predicted molar refractivity (Wildman–Crippen MR) is 71.0 cm³/mol. The van der Waals surface area contributed by atoms with Crippen LogP contribution in [-0.2, 0) is 4.79 Å². The number of hydrogen-bond donors (Lipinski definition) is 2. The molecule has 0 aliphatic heterocycles. The molecular weight excluding hydrogens is 250 g/mol. The molecule has 4 nitrogen and oxygen atoms in total. The Morgan fingerprint density at radius 1 is 1.22 bits per heavy atom. The second-order valence-electron chi connectivity index (χ2n) is 3.71. The third-order valence-electron chi connectivity index (χ3n) is 2.38. The Hall–Kier alpha value is -2.14. The first-order valence-corrected chi connectivity index (χ1v) is 6.15. The lowest BCUT2D eigenvalue weighted by Crippen LogP contribution is -2.08. The molecule has 0 atom stereocenters. The second-order valence-corrected chi connectivity index (χ2v) is 4.59. The molecule has 2 rings (SSSR count). The fourth-order valence-corrected chi connectivity index (χ4v) is 2.66. The van der Waals surface area contributed by atoms with Gasteiger partial charge in [-0.1, -0.05) is 30.3 Å². The van der Waals surface area contributed by atoms with Crippen LogP contribution < -0.4 is 5.32 Å². The summed E-state index contributed by atoms with van der Waals surface area (Å²) in [5, 5.41) is 13.9. The average Bonchev–Trinajstić information content (AvgIpc) is 2.73. The van der Waals surface area contributed by atoms with Crippen molar-refractivity contribution in [3.63, 3.8) is 0 Å². The Bertz CT molecular complexity index is 590. The van der Waals surface area contributed by atoms with Crippen LogP contribution in [0.3, 0.4) is 0 Å². The van der Waals surface area contributed by atoms with Crippen LogP contribution >= 0.6 is 11.3 Å². The number of carbonyl (C=O) groups is 2. The summed E-state index contributed by atoms with van der Waals surface area (Å²) in [7, 11) is 0. The first-order valence-electron chi connectivity index (χ1n) is 5.27. The molecular formula is C13H11NO3S. The molecule has 0 spiro atoms. The zero-order chi connectivity index (χ0) is 13.1. The maximum absolute atomic E-state index is 11.3. The highest BCUT2D eigenvalue weighted by Crippen LogP contribution is 2.35. The van der Waals surface area contributed by atoms with Gasteiger partial charge in [0.05, 0.1) is 0 Å². The molecule has 1 aromatic heterocycles. The summed E-state index contributed by atoms with van der Waals surface area (Å²) in [6.07, 6.45) is 0. The van der Waals surface area contributed by atoms with Gasteiger partial charge in [0.2, 0.25) is 5.91 Å². The van der Waals surface area contributed by atoms with Crippen molar-refractivity contribution in [3.05, 3.63) is 41.3 Å². The second kappa shape index (κ2) is 5.01. The highest BCUT2D eigenvalue weighted by molar-refractivity contribution is 7.15. The van der Waals surface area contributed by atoms with Gasteiger partial charge in [0.15, 0.2) is 0 Å². The summed E-state index contributed by atoms with van der Waals surface area (Å²) in [6.45, 7) is 1.35. The van der Waals surface area contributed by atoms with E-state index in [2.05, 4.69) is 5.32 Å². The summed E-state index contributed by atoms with van der Waals surface area (Å²) < 4.78 is 0. The quantitative estimate of drug-likeness (QED) is 0.892. The van der Waals surface area contributed by atoms with Gasteiger partial charge in [-0.2, -0.15) is 0 Å². The van der Waals surface area contributed by atoms with Gasteiger partial charge in [-0.25, -0.2) is 4.79 Å². The van der Waals surface area contributed by atoms with E-state index in [1.807, 2.05) is 30.3 Å². The maximum Gasteiger partial charge on any atom is 0.339 e. The van der Waals surface area contributed by atoms with Gasteiger partial charge >= 0.3 is 5.97 Å². The highest BCUT2D eigenvalue weighted by Gasteiger charge is 2.19. The predicted octanol–water partition coefficient (Wildman–Crippen LogP) is 3.07. The number of thiophene rings is 1. The van der Waals surface area contributed by atoms with E-state index in [1.165, 1.54) is 18.3 Å². The van der Waals surface area contributed by atoms with Crippen LogP contribution in [0.25, 0.3) is 11.1 Å². The molecule has 0 unspecified atom stereocenters. The molecule has 0 saturated carbocycles. The van der Waals surface area contributed by atoms with Crippen LogP contribution in [-0.4, -0.2) is 17.0 Å². The topological polar surface area (TPSA) is 66.4 Å². The molecule has 0 bridgehead atoms. The van der Waals surface area contributed by atoms with Crippen LogP contribution in [0.15, 0.2) is 35.7 Å². The van der Waals surface area contributed by atoms with E-state index < -0.39 is 5.97 Å². The van der Waals surface area contributed by atoms with Gasteiger partial charge in [0.25, 0.3) is 0 Å². The molecule has 1 heterocycles. The summed E-state index contributed by atoms with van der Waals surface area (Å²) in [6, 6.07) is 9.23. The summed E-state index contributed by atoms with van der Waals surface area (Å²) in [5.74, 6) is -1.32. The Labute approximate surface area is 108 Å². The lowest BCUT2D eigenvalue weighted by atomic mass is 10.0. The summed E-state index contributed by atoms with van der Waals surface area (Å²) >= 11 is 1.21. The molecule has 0 aliphatic carbocycles. The Balaban J connectivity index is 2.52. The molecule has 0 fully saturated rings. The molecule has 1 aromatic carbocycles. The zero-order valence-corrected chi connectivity index (χ0v) is 10.5. The van der Waals surface area contributed by atoms with E-state index in [0.717, 1.165) is 5.56 Å². The first-order chi connectivity index (χ1) is 8.59. The largest absolute Gasteiger partial charge is 0.478 e. The van der Waals surface area contributed by atoms with Crippen molar-refractivity contribution in [2.75, 3.05) is 5.32 Å². The van der Waals surface area contributed by atoms with Crippen molar-refractivity contribution in [2.45, 2.75) is 6.92 Å². The lowest BCUT2D eigenvalue weighted by molar-refractivity contribution is -0.114. The van der Waals surface area contributed by atoms with Crippen LogP contribution in [0.4, 0.5) is 5.00 Å². The maximum atomic E-state index is 11.3. The number of carboxylic acid groups (broad SMARTS) is 1. The molecule has 2 N–H and O–H groups in total. The zero-order valence-electron chi connectivity index (χ0n) is 9.64. The molecule has 0 radical (unpaired) electrons. The van der Waals surface area contributed by atoms with Crippen molar-refractivity contribution < 1.29 is 14.7 Å². The lowest BCUT2D eigenvalue weighted by Gasteiger charge is -2.03. The van der Waals surface area contributed by atoms with Crippen LogP contribution in [0.1, 0.15) is 17.3 Å². The number of rotatable bonds is 3. The van der Waals surface area contributed by atoms with Crippen LogP contribution in [0, 0.1) is 0 Å². The fraction of sp³-hybridized carbons (Fsp3) is 0.0769. The highest BCUT2D eigenvalue weighted by atomic mass is 32.1. The number of nitrogens with one attached hydrogen (secondary N) is 1. The Morgan fingerprint density at radius 2 is 1.89 bits per heavy atom. The fourth-order valence-electron chi connectivity index (χ4n) is 1.65. The average molecular weight is 261 g/mol. The summed E-state index contributed by atoms with van der Waals surface area (Å²) in [5.41, 5.74) is 1.58. The van der Waals surface area contributed by atoms with Gasteiger partial charge in [-0.05, 0) is 5.56 Å². The van der Waals surface area contributed by atoms with Crippen molar-refractivity contribution in [2.24, 2.45) is 0 Å². The van der Waals surface area contributed by atoms with Gasteiger partial charge in [-0.15, -0.1) is 11.3 Å². The minimum Gasteiger partial charge on any atom is -0.478 e.